The van der Waals surface area contributed by atoms with E-state index in [0.717, 1.165) is 5.69 Å². The number of hydrogen-bond acceptors (Lipinski definition) is 4. The minimum absolute atomic E-state index is 0.560. The van der Waals surface area contributed by atoms with Crippen LogP contribution in [0.4, 0.5) is 5.69 Å². The van der Waals surface area contributed by atoms with Crippen molar-refractivity contribution >= 4 is 5.69 Å². The van der Waals surface area contributed by atoms with Gasteiger partial charge < -0.3 is 5.73 Å². The SMILES string of the molecule is Nc1cn[nH]c1-c1cn(-c2ccccc2)nn1. The van der Waals surface area contributed by atoms with E-state index in [0.29, 0.717) is 17.1 Å². The van der Waals surface area contributed by atoms with E-state index in [1.54, 1.807) is 17.1 Å². The molecule has 3 N–H and O–H groups in total. The van der Waals surface area contributed by atoms with E-state index in [4.69, 9.17) is 5.73 Å². The summed E-state index contributed by atoms with van der Waals surface area (Å²) < 4.78 is 1.69. The van der Waals surface area contributed by atoms with Crippen molar-refractivity contribution in [2.24, 2.45) is 0 Å². The first kappa shape index (κ1) is 9.59. The van der Waals surface area contributed by atoms with E-state index in [1.807, 2.05) is 30.3 Å². The molecule has 0 aliphatic heterocycles. The first-order valence-corrected chi connectivity index (χ1v) is 5.11. The molecule has 0 unspecified atom stereocenters. The molecule has 0 saturated carbocycles. The largest absolute Gasteiger partial charge is 0.396 e. The van der Waals surface area contributed by atoms with Gasteiger partial charge in [0.15, 0.2) is 0 Å². The molecule has 0 amide bonds. The monoisotopic (exact) mass is 226 g/mol. The van der Waals surface area contributed by atoms with Crippen LogP contribution in [0.2, 0.25) is 0 Å². The molecule has 0 aliphatic rings. The second kappa shape index (κ2) is 3.75. The van der Waals surface area contributed by atoms with E-state index >= 15 is 0 Å². The summed E-state index contributed by atoms with van der Waals surface area (Å²) in [5.41, 5.74) is 8.62. The van der Waals surface area contributed by atoms with Crippen LogP contribution < -0.4 is 5.73 Å². The van der Waals surface area contributed by atoms with Gasteiger partial charge in [0.05, 0.1) is 23.8 Å². The van der Waals surface area contributed by atoms with Crippen molar-refractivity contribution in [1.29, 1.82) is 0 Å². The van der Waals surface area contributed by atoms with Crippen molar-refractivity contribution in [2.45, 2.75) is 0 Å². The summed E-state index contributed by atoms with van der Waals surface area (Å²) in [5, 5.41) is 14.8. The fraction of sp³-hybridized carbons (Fsp3) is 0. The third-order valence-electron chi connectivity index (χ3n) is 2.44. The van der Waals surface area contributed by atoms with Crippen LogP contribution in [0.15, 0.2) is 42.7 Å². The summed E-state index contributed by atoms with van der Waals surface area (Å²) in [7, 11) is 0. The lowest BCUT2D eigenvalue weighted by Crippen LogP contribution is -1.93. The molecule has 2 aromatic heterocycles. The highest BCUT2D eigenvalue weighted by atomic mass is 15.4. The number of nitrogen functional groups attached to an aromatic ring is 1. The highest BCUT2D eigenvalue weighted by Gasteiger charge is 2.09. The number of benzene rings is 1. The molecule has 84 valence electrons. The molecule has 0 spiro atoms. The van der Waals surface area contributed by atoms with Crippen LogP contribution in [0.1, 0.15) is 0 Å². The maximum Gasteiger partial charge on any atom is 0.133 e. The van der Waals surface area contributed by atoms with Gasteiger partial charge in [-0.15, -0.1) is 5.10 Å². The van der Waals surface area contributed by atoms with Gasteiger partial charge in [0, 0.05) is 0 Å². The molecule has 6 heteroatoms. The first-order chi connectivity index (χ1) is 8.34. The zero-order valence-corrected chi connectivity index (χ0v) is 8.91. The second-order valence-electron chi connectivity index (χ2n) is 3.58. The average Bonchev–Trinajstić information content (AvgIpc) is 2.98. The fourth-order valence-electron chi connectivity index (χ4n) is 1.59. The lowest BCUT2D eigenvalue weighted by molar-refractivity contribution is 0.803. The number of nitrogens with zero attached hydrogens (tertiary/aromatic N) is 4. The van der Waals surface area contributed by atoms with Crippen molar-refractivity contribution < 1.29 is 0 Å². The molecule has 17 heavy (non-hydrogen) atoms. The molecular weight excluding hydrogens is 216 g/mol. The molecule has 0 fully saturated rings. The molecule has 0 bridgehead atoms. The van der Waals surface area contributed by atoms with Crippen LogP contribution in [-0.2, 0) is 0 Å². The molecule has 6 nitrogen and oxygen atoms in total. The number of aromatic amines is 1. The lowest BCUT2D eigenvalue weighted by atomic mass is 10.3. The van der Waals surface area contributed by atoms with Gasteiger partial charge >= 0.3 is 0 Å². The average molecular weight is 226 g/mol. The number of rotatable bonds is 2. The van der Waals surface area contributed by atoms with Crippen LogP contribution in [0.25, 0.3) is 17.1 Å². The molecular formula is C11H10N6. The van der Waals surface area contributed by atoms with Crippen LogP contribution in [0.3, 0.4) is 0 Å². The Labute approximate surface area is 97.1 Å². The maximum atomic E-state index is 5.75. The summed E-state index contributed by atoms with van der Waals surface area (Å²) in [6, 6.07) is 9.75. The summed E-state index contributed by atoms with van der Waals surface area (Å²) in [6.07, 6.45) is 3.36. The normalized spacial score (nSPS) is 10.6. The second-order valence-corrected chi connectivity index (χ2v) is 3.58. The smallest absolute Gasteiger partial charge is 0.133 e. The zero-order chi connectivity index (χ0) is 11.7. The summed E-state index contributed by atoms with van der Waals surface area (Å²) in [6.45, 7) is 0. The number of anilines is 1. The van der Waals surface area contributed by atoms with E-state index in [2.05, 4.69) is 20.5 Å². The fourth-order valence-corrected chi connectivity index (χ4v) is 1.59. The molecule has 2 heterocycles. The Morgan fingerprint density at radius 1 is 1.18 bits per heavy atom. The van der Waals surface area contributed by atoms with E-state index < -0.39 is 0 Å². The van der Waals surface area contributed by atoms with Crippen molar-refractivity contribution in [3.05, 3.63) is 42.7 Å². The third-order valence-corrected chi connectivity index (χ3v) is 2.44. The number of aromatic nitrogens is 5. The maximum absolute atomic E-state index is 5.75. The van der Waals surface area contributed by atoms with E-state index in [9.17, 15) is 0 Å². The van der Waals surface area contributed by atoms with Crippen LogP contribution in [0.5, 0.6) is 0 Å². The summed E-state index contributed by atoms with van der Waals surface area (Å²) >= 11 is 0. The van der Waals surface area contributed by atoms with Crippen molar-refractivity contribution in [2.75, 3.05) is 5.73 Å². The van der Waals surface area contributed by atoms with E-state index in [-0.39, 0.29) is 0 Å². The first-order valence-electron chi connectivity index (χ1n) is 5.11. The molecule has 0 atom stereocenters. The molecule has 3 aromatic rings. The molecule has 1 aromatic carbocycles. The van der Waals surface area contributed by atoms with Gasteiger partial charge in [0.25, 0.3) is 0 Å². The minimum atomic E-state index is 0.560. The minimum Gasteiger partial charge on any atom is -0.396 e. The molecule has 0 aliphatic carbocycles. The quantitative estimate of drug-likeness (QED) is 0.688. The molecule has 0 radical (unpaired) electrons. The Balaban J connectivity index is 2.02. The van der Waals surface area contributed by atoms with Crippen LogP contribution in [-0.4, -0.2) is 25.2 Å². The Morgan fingerprint density at radius 3 is 2.71 bits per heavy atom. The zero-order valence-electron chi connectivity index (χ0n) is 8.91. The van der Waals surface area contributed by atoms with E-state index in [1.165, 1.54) is 0 Å². The van der Waals surface area contributed by atoms with Crippen molar-refractivity contribution in [1.82, 2.24) is 25.2 Å². The Hall–Kier alpha value is -2.63. The highest BCUT2D eigenvalue weighted by Crippen LogP contribution is 2.20. The topological polar surface area (TPSA) is 85.4 Å². The predicted molar refractivity (Wildman–Crippen MR) is 63.4 cm³/mol. The highest BCUT2D eigenvalue weighted by molar-refractivity contribution is 5.68. The van der Waals surface area contributed by atoms with Gasteiger partial charge in [-0.25, -0.2) is 4.68 Å². The Bertz CT molecular complexity index is 624. The van der Waals surface area contributed by atoms with Crippen LogP contribution >= 0.6 is 0 Å². The van der Waals surface area contributed by atoms with Gasteiger partial charge in [-0.1, -0.05) is 23.4 Å². The van der Waals surface area contributed by atoms with Gasteiger partial charge in [0.1, 0.15) is 11.4 Å². The van der Waals surface area contributed by atoms with Crippen molar-refractivity contribution in [3.8, 4) is 17.1 Å². The van der Waals surface area contributed by atoms with Gasteiger partial charge in [-0.05, 0) is 12.1 Å². The number of H-pyrrole nitrogens is 1. The standard InChI is InChI=1S/C11H10N6/c12-9-6-13-15-11(9)10-7-17(16-14-10)8-4-2-1-3-5-8/h1-7H,12H2,(H,13,15). The Morgan fingerprint density at radius 2 is 2.00 bits per heavy atom. The number of para-hydroxylation sites is 1. The predicted octanol–water partition coefficient (Wildman–Crippen LogP) is 1.24. The summed E-state index contributed by atoms with van der Waals surface area (Å²) in [4.78, 5) is 0. The number of nitrogens with two attached hydrogens (primary N) is 1. The Kier molecular flexibility index (Phi) is 2.11. The third kappa shape index (κ3) is 1.65. The van der Waals surface area contributed by atoms with Gasteiger partial charge in [-0.3, -0.25) is 5.10 Å². The van der Waals surface area contributed by atoms with Gasteiger partial charge in [-0.2, -0.15) is 5.10 Å². The van der Waals surface area contributed by atoms with Crippen molar-refractivity contribution in [3.63, 3.8) is 0 Å². The molecule has 0 saturated heterocycles. The van der Waals surface area contributed by atoms with Crippen LogP contribution in [0, 0.1) is 0 Å². The lowest BCUT2D eigenvalue weighted by Gasteiger charge is -1.97. The number of hydrogen-bond donors (Lipinski definition) is 2. The van der Waals surface area contributed by atoms with Gasteiger partial charge in [0.2, 0.25) is 0 Å². The number of nitrogens with one attached hydrogen (secondary N) is 1. The summed E-state index contributed by atoms with van der Waals surface area (Å²) in [5.74, 6) is 0. The molecule has 3 rings (SSSR count).